The van der Waals surface area contributed by atoms with Crippen LogP contribution in [0.25, 0.3) is 0 Å². The number of likely N-dealkylation sites (N-methyl/N-ethyl adjacent to an activating group) is 1. The predicted molar refractivity (Wildman–Crippen MR) is 90.4 cm³/mol. The van der Waals surface area contributed by atoms with Gasteiger partial charge in [0, 0.05) is 13.5 Å². The Morgan fingerprint density at radius 2 is 2.00 bits per heavy atom. The predicted octanol–water partition coefficient (Wildman–Crippen LogP) is 3.02. The zero-order valence-electron chi connectivity index (χ0n) is 14.0. The number of aryl methyl sites for hydroxylation is 1. The molecule has 0 aliphatic carbocycles. The summed E-state index contributed by atoms with van der Waals surface area (Å²) in [6.07, 6.45) is 1.00. The van der Waals surface area contributed by atoms with Gasteiger partial charge in [0.25, 0.3) is 0 Å². The minimum Gasteiger partial charge on any atom is -0.489 e. The number of carbonyl (C=O) groups excluding carboxylic acids is 1. The summed E-state index contributed by atoms with van der Waals surface area (Å²) < 4.78 is 29.4. The molecule has 0 fully saturated rings. The fraction of sp³-hybridized carbons (Fsp3) is 0.316. The van der Waals surface area contributed by atoms with Crippen molar-refractivity contribution in [3.05, 3.63) is 53.8 Å². The largest absolute Gasteiger partial charge is 0.489 e. The van der Waals surface area contributed by atoms with Crippen LogP contribution in [0.15, 0.2) is 42.5 Å². The van der Waals surface area contributed by atoms with Crippen LogP contribution in [0.1, 0.15) is 12.0 Å². The van der Waals surface area contributed by atoms with Gasteiger partial charge in [0.05, 0.1) is 6.54 Å². The topological polar surface area (TPSA) is 48.0 Å². The van der Waals surface area contributed by atoms with Crippen LogP contribution in [-0.2, 0) is 11.2 Å². The molecule has 5 nitrogen and oxygen atoms in total. The van der Waals surface area contributed by atoms with Crippen molar-refractivity contribution in [3.8, 4) is 17.2 Å². The average Bonchev–Trinajstić information content (AvgIpc) is 3.09. The third-order valence-electron chi connectivity index (χ3n) is 4.01. The van der Waals surface area contributed by atoms with Crippen molar-refractivity contribution in [2.45, 2.75) is 12.8 Å². The van der Waals surface area contributed by atoms with Gasteiger partial charge in [0.15, 0.2) is 23.1 Å². The molecule has 0 radical (unpaired) electrons. The van der Waals surface area contributed by atoms with Gasteiger partial charge in [-0.05, 0) is 36.2 Å². The molecule has 2 aromatic rings. The summed E-state index contributed by atoms with van der Waals surface area (Å²) >= 11 is 0. The van der Waals surface area contributed by atoms with Gasteiger partial charge >= 0.3 is 0 Å². The minimum atomic E-state index is -0.403. The molecule has 1 aliphatic heterocycles. The summed E-state index contributed by atoms with van der Waals surface area (Å²) in [7, 11) is 1.71. The Labute approximate surface area is 145 Å². The van der Waals surface area contributed by atoms with Crippen LogP contribution in [0.3, 0.4) is 0 Å². The first-order chi connectivity index (χ1) is 12.1. The Hall–Kier alpha value is -2.76. The van der Waals surface area contributed by atoms with E-state index in [1.165, 1.54) is 6.07 Å². The molecule has 0 saturated carbocycles. The standard InChI is InChI=1S/C19H20FNO4/c1-21(10-11-23-16-5-3-2-4-15(16)20)19(22)9-7-14-6-8-17-18(12-14)25-13-24-17/h2-6,8,12H,7,9-11,13H2,1H3. The number of amides is 1. The van der Waals surface area contributed by atoms with Gasteiger partial charge in [-0.15, -0.1) is 0 Å². The maximum Gasteiger partial charge on any atom is 0.231 e. The van der Waals surface area contributed by atoms with Gasteiger partial charge in [-0.3, -0.25) is 4.79 Å². The van der Waals surface area contributed by atoms with Crippen LogP contribution in [0.4, 0.5) is 4.39 Å². The van der Waals surface area contributed by atoms with E-state index >= 15 is 0 Å². The number of rotatable bonds is 7. The first-order valence-corrected chi connectivity index (χ1v) is 8.13. The number of hydrogen-bond donors (Lipinski definition) is 0. The Bertz CT molecular complexity index is 750. The number of benzene rings is 2. The highest BCUT2D eigenvalue weighted by atomic mass is 19.1. The van der Waals surface area contributed by atoms with Gasteiger partial charge in [-0.2, -0.15) is 0 Å². The SMILES string of the molecule is CN(CCOc1ccccc1F)C(=O)CCc1ccc2c(c1)OCO2. The van der Waals surface area contributed by atoms with Gasteiger partial charge in [-0.25, -0.2) is 4.39 Å². The van der Waals surface area contributed by atoms with Crippen molar-refractivity contribution in [2.24, 2.45) is 0 Å². The molecule has 2 aromatic carbocycles. The Morgan fingerprint density at radius 3 is 2.84 bits per heavy atom. The van der Waals surface area contributed by atoms with Gasteiger partial charge < -0.3 is 19.1 Å². The second-order valence-corrected chi connectivity index (χ2v) is 5.78. The molecule has 0 aromatic heterocycles. The molecule has 3 rings (SSSR count). The first-order valence-electron chi connectivity index (χ1n) is 8.13. The molecule has 0 unspecified atom stereocenters. The van der Waals surface area contributed by atoms with Gasteiger partial charge in [0.2, 0.25) is 12.7 Å². The maximum atomic E-state index is 13.5. The molecule has 0 atom stereocenters. The molecule has 0 bridgehead atoms. The van der Waals surface area contributed by atoms with E-state index in [1.54, 1.807) is 30.1 Å². The van der Waals surface area contributed by atoms with Crippen molar-refractivity contribution < 1.29 is 23.4 Å². The lowest BCUT2D eigenvalue weighted by molar-refractivity contribution is -0.130. The van der Waals surface area contributed by atoms with Crippen molar-refractivity contribution in [2.75, 3.05) is 27.0 Å². The van der Waals surface area contributed by atoms with E-state index in [2.05, 4.69) is 0 Å². The van der Waals surface area contributed by atoms with Crippen LogP contribution < -0.4 is 14.2 Å². The zero-order valence-corrected chi connectivity index (χ0v) is 14.0. The Morgan fingerprint density at radius 1 is 1.20 bits per heavy atom. The van der Waals surface area contributed by atoms with Crippen LogP contribution in [0, 0.1) is 5.82 Å². The quantitative estimate of drug-likeness (QED) is 0.774. The normalized spacial score (nSPS) is 12.1. The van der Waals surface area contributed by atoms with Gasteiger partial charge in [-0.1, -0.05) is 18.2 Å². The highest BCUT2D eigenvalue weighted by molar-refractivity contribution is 5.76. The lowest BCUT2D eigenvalue weighted by atomic mass is 10.1. The number of para-hydroxylation sites is 1. The summed E-state index contributed by atoms with van der Waals surface area (Å²) in [6, 6.07) is 11.9. The fourth-order valence-corrected chi connectivity index (χ4v) is 2.52. The Balaban J connectivity index is 1.42. The molecule has 0 N–H and O–H groups in total. The lowest BCUT2D eigenvalue weighted by Gasteiger charge is -2.17. The second-order valence-electron chi connectivity index (χ2n) is 5.78. The number of fused-ring (bicyclic) bond motifs is 1. The summed E-state index contributed by atoms with van der Waals surface area (Å²) in [5.41, 5.74) is 1.02. The number of hydrogen-bond acceptors (Lipinski definition) is 4. The van der Waals surface area contributed by atoms with Crippen molar-refractivity contribution in [3.63, 3.8) is 0 Å². The highest BCUT2D eigenvalue weighted by Crippen LogP contribution is 2.32. The van der Waals surface area contributed by atoms with E-state index in [0.717, 1.165) is 17.1 Å². The Kier molecular flexibility index (Phi) is 5.38. The monoisotopic (exact) mass is 345 g/mol. The van der Waals surface area contributed by atoms with Crippen molar-refractivity contribution >= 4 is 5.91 Å². The average molecular weight is 345 g/mol. The molecule has 0 saturated heterocycles. The summed E-state index contributed by atoms with van der Waals surface area (Å²) in [5.74, 6) is 1.26. The van der Waals surface area contributed by atoms with E-state index in [4.69, 9.17) is 14.2 Å². The molecular weight excluding hydrogens is 325 g/mol. The second kappa shape index (κ2) is 7.88. The van der Waals surface area contributed by atoms with E-state index < -0.39 is 5.82 Å². The summed E-state index contributed by atoms with van der Waals surface area (Å²) in [4.78, 5) is 13.8. The number of nitrogens with zero attached hydrogens (tertiary/aromatic N) is 1. The lowest BCUT2D eigenvalue weighted by Crippen LogP contribution is -2.31. The van der Waals surface area contributed by atoms with E-state index in [-0.39, 0.29) is 25.1 Å². The number of ether oxygens (including phenoxy) is 3. The summed E-state index contributed by atoms with van der Waals surface area (Å²) in [5, 5.41) is 0. The van der Waals surface area contributed by atoms with Crippen LogP contribution in [0.2, 0.25) is 0 Å². The molecule has 25 heavy (non-hydrogen) atoms. The minimum absolute atomic E-state index is 0.00907. The van der Waals surface area contributed by atoms with Crippen molar-refractivity contribution in [1.29, 1.82) is 0 Å². The number of carbonyl (C=O) groups is 1. The first kappa shape index (κ1) is 17.1. The van der Waals surface area contributed by atoms with Crippen LogP contribution in [-0.4, -0.2) is 37.8 Å². The molecule has 6 heteroatoms. The third kappa shape index (κ3) is 4.41. The molecule has 1 amide bonds. The van der Waals surface area contributed by atoms with E-state index in [9.17, 15) is 9.18 Å². The van der Waals surface area contributed by atoms with Crippen molar-refractivity contribution in [1.82, 2.24) is 4.90 Å². The highest BCUT2D eigenvalue weighted by Gasteiger charge is 2.14. The van der Waals surface area contributed by atoms with Gasteiger partial charge in [0.1, 0.15) is 6.61 Å². The third-order valence-corrected chi connectivity index (χ3v) is 4.01. The van der Waals surface area contributed by atoms with Crippen LogP contribution >= 0.6 is 0 Å². The van der Waals surface area contributed by atoms with E-state index in [1.807, 2.05) is 18.2 Å². The van der Waals surface area contributed by atoms with Crippen LogP contribution in [0.5, 0.6) is 17.2 Å². The number of halogens is 1. The smallest absolute Gasteiger partial charge is 0.231 e. The molecular formula is C19H20FNO4. The zero-order chi connectivity index (χ0) is 17.6. The maximum absolute atomic E-state index is 13.5. The molecule has 0 spiro atoms. The molecule has 1 heterocycles. The van der Waals surface area contributed by atoms with E-state index in [0.29, 0.717) is 19.4 Å². The molecule has 132 valence electrons. The molecule has 1 aliphatic rings. The fourth-order valence-electron chi connectivity index (χ4n) is 2.52. The summed E-state index contributed by atoms with van der Waals surface area (Å²) in [6.45, 7) is 0.879.